The zero-order valence-corrected chi connectivity index (χ0v) is 10.3. The fraction of sp³-hybridized carbons (Fsp3) is 0. The number of carbonyl (C=O) groups is 1. The van der Waals surface area contributed by atoms with Crippen molar-refractivity contribution in [2.75, 3.05) is 0 Å². The number of hydrogen-bond acceptors (Lipinski definition) is 4. The molecule has 0 aliphatic rings. The largest absolute Gasteiger partial charge is 0.436 e. The first-order valence-corrected chi connectivity index (χ1v) is 5.85. The number of hydrazine groups is 1. The van der Waals surface area contributed by atoms with Crippen LogP contribution in [-0.4, -0.2) is 10.9 Å². The zero-order chi connectivity index (χ0) is 14.1. The van der Waals surface area contributed by atoms with E-state index in [9.17, 15) is 9.18 Å². The topological polar surface area (TPSA) is 81.1 Å². The molecule has 0 saturated heterocycles. The molecule has 20 heavy (non-hydrogen) atoms. The third-order valence-corrected chi connectivity index (χ3v) is 2.85. The molecule has 5 nitrogen and oxygen atoms in total. The summed E-state index contributed by atoms with van der Waals surface area (Å²) in [5.41, 5.74) is 3.97. The van der Waals surface area contributed by atoms with Gasteiger partial charge in [-0.3, -0.25) is 10.2 Å². The highest BCUT2D eigenvalue weighted by Crippen LogP contribution is 2.25. The Labute approximate surface area is 113 Å². The number of rotatable bonds is 2. The van der Waals surface area contributed by atoms with Gasteiger partial charge < -0.3 is 4.42 Å². The highest BCUT2D eigenvalue weighted by molar-refractivity contribution is 5.96. The summed E-state index contributed by atoms with van der Waals surface area (Å²) in [6, 6.07) is 10.7. The molecule has 0 bridgehead atoms. The normalized spacial score (nSPS) is 10.7. The van der Waals surface area contributed by atoms with E-state index in [1.54, 1.807) is 30.3 Å². The quantitative estimate of drug-likeness (QED) is 0.425. The lowest BCUT2D eigenvalue weighted by molar-refractivity contribution is 0.0954. The highest BCUT2D eigenvalue weighted by atomic mass is 19.1. The van der Waals surface area contributed by atoms with Crippen LogP contribution in [0.15, 0.2) is 46.9 Å². The monoisotopic (exact) mass is 271 g/mol. The van der Waals surface area contributed by atoms with Crippen LogP contribution >= 0.6 is 0 Å². The Morgan fingerprint density at radius 2 is 2.10 bits per heavy atom. The highest BCUT2D eigenvalue weighted by Gasteiger charge is 2.11. The summed E-state index contributed by atoms with van der Waals surface area (Å²) in [7, 11) is 0. The van der Waals surface area contributed by atoms with Crippen LogP contribution in [0, 0.1) is 5.82 Å². The molecule has 3 rings (SSSR count). The number of carbonyl (C=O) groups excluding carboxylic acids is 1. The smallest absolute Gasteiger partial charge is 0.265 e. The summed E-state index contributed by atoms with van der Waals surface area (Å²) in [4.78, 5) is 15.7. The van der Waals surface area contributed by atoms with Gasteiger partial charge >= 0.3 is 0 Å². The van der Waals surface area contributed by atoms with Crippen LogP contribution in [0.1, 0.15) is 10.4 Å². The number of nitrogens with one attached hydrogen (secondary N) is 1. The molecule has 1 amide bonds. The summed E-state index contributed by atoms with van der Waals surface area (Å²) in [6.45, 7) is 0. The van der Waals surface area contributed by atoms with E-state index in [-0.39, 0.29) is 5.82 Å². The Bertz CT molecular complexity index is 798. The van der Waals surface area contributed by atoms with Crippen molar-refractivity contribution >= 4 is 17.0 Å². The summed E-state index contributed by atoms with van der Waals surface area (Å²) in [5.74, 6) is 4.59. The number of fused-ring (bicyclic) bond motifs is 1. The average molecular weight is 271 g/mol. The summed E-state index contributed by atoms with van der Waals surface area (Å²) in [5, 5.41) is 0. The minimum Gasteiger partial charge on any atom is -0.436 e. The Kier molecular flexibility index (Phi) is 2.92. The van der Waals surface area contributed by atoms with Crippen molar-refractivity contribution < 1.29 is 13.6 Å². The summed E-state index contributed by atoms with van der Waals surface area (Å²) < 4.78 is 18.7. The molecule has 0 fully saturated rings. The number of nitrogens with zero attached hydrogens (tertiary/aromatic N) is 1. The number of amides is 1. The third kappa shape index (κ3) is 2.12. The van der Waals surface area contributed by atoms with E-state index < -0.39 is 5.91 Å². The van der Waals surface area contributed by atoms with Gasteiger partial charge in [-0.1, -0.05) is 6.07 Å². The molecule has 0 radical (unpaired) electrons. The zero-order valence-electron chi connectivity index (χ0n) is 10.3. The Morgan fingerprint density at radius 3 is 2.85 bits per heavy atom. The van der Waals surface area contributed by atoms with Gasteiger partial charge in [-0.05, 0) is 36.4 Å². The number of nitrogen functional groups attached to an aromatic ring is 1. The van der Waals surface area contributed by atoms with Gasteiger partial charge in [0.15, 0.2) is 5.58 Å². The number of benzene rings is 2. The number of hydrogen-bond donors (Lipinski definition) is 2. The van der Waals surface area contributed by atoms with Crippen LogP contribution in [0.2, 0.25) is 0 Å². The van der Waals surface area contributed by atoms with Crippen molar-refractivity contribution in [2.24, 2.45) is 5.84 Å². The average Bonchev–Trinajstić information content (AvgIpc) is 2.89. The minimum atomic E-state index is -0.415. The second-order valence-electron chi connectivity index (χ2n) is 4.19. The van der Waals surface area contributed by atoms with Crippen LogP contribution in [0.25, 0.3) is 22.6 Å². The molecule has 0 aliphatic carbocycles. The molecule has 0 unspecified atom stereocenters. The van der Waals surface area contributed by atoms with Crippen LogP contribution in [0.3, 0.4) is 0 Å². The summed E-state index contributed by atoms with van der Waals surface area (Å²) in [6.07, 6.45) is 0. The first-order valence-electron chi connectivity index (χ1n) is 5.85. The number of nitrogens with two attached hydrogens (primary N) is 1. The van der Waals surface area contributed by atoms with Crippen molar-refractivity contribution in [3.8, 4) is 11.5 Å². The van der Waals surface area contributed by atoms with Gasteiger partial charge in [0.1, 0.15) is 11.3 Å². The molecule has 100 valence electrons. The molecule has 6 heteroatoms. The molecule has 1 heterocycles. The Hall–Kier alpha value is -2.73. The van der Waals surface area contributed by atoms with Gasteiger partial charge in [0.2, 0.25) is 5.89 Å². The second-order valence-corrected chi connectivity index (χ2v) is 4.19. The van der Waals surface area contributed by atoms with Crippen molar-refractivity contribution in [1.82, 2.24) is 10.4 Å². The Balaban J connectivity index is 2.09. The van der Waals surface area contributed by atoms with Crippen LogP contribution < -0.4 is 11.3 Å². The lowest BCUT2D eigenvalue weighted by Crippen LogP contribution is -2.29. The van der Waals surface area contributed by atoms with Gasteiger partial charge in [0.05, 0.1) is 0 Å². The van der Waals surface area contributed by atoms with E-state index in [1.165, 1.54) is 12.1 Å². The molecule has 0 atom stereocenters. The van der Waals surface area contributed by atoms with Crippen molar-refractivity contribution in [3.05, 3.63) is 53.8 Å². The maximum absolute atomic E-state index is 13.2. The van der Waals surface area contributed by atoms with Crippen LogP contribution in [0.5, 0.6) is 0 Å². The van der Waals surface area contributed by atoms with E-state index >= 15 is 0 Å². The SMILES string of the molecule is NNC(=O)c1ccc2oc(-c3cccc(F)c3)nc2c1. The van der Waals surface area contributed by atoms with Crippen molar-refractivity contribution in [1.29, 1.82) is 0 Å². The summed E-state index contributed by atoms with van der Waals surface area (Å²) >= 11 is 0. The van der Waals surface area contributed by atoms with Crippen LogP contribution in [-0.2, 0) is 0 Å². The van der Waals surface area contributed by atoms with Crippen LogP contribution in [0.4, 0.5) is 4.39 Å². The molecular weight excluding hydrogens is 261 g/mol. The fourth-order valence-corrected chi connectivity index (χ4v) is 1.90. The number of halogens is 1. The number of aromatic nitrogens is 1. The predicted molar refractivity (Wildman–Crippen MR) is 71.1 cm³/mol. The molecular formula is C14H10FN3O2. The lowest BCUT2D eigenvalue weighted by atomic mass is 10.2. The van der Waals surface area contributed by atoms with Gasteiger partial charge in [0.25, 0.3) is 5.91 Å². The first-order chi connectivity index (χ1) is 9.67. The molecule has 3 N–H and O–H groups in total. The fourth-order valence-electron chi connectivity index (χ4n) is 1.90. The second kappa shape index (κ2) is 4.75. The Morgan fingerprint density at radius 1 is 1.25 bits per heavy atom. The molecule has 3 aromatic rings. The van der Waals surface area contributed by atoms with Gasteiger partial charge in [-0.2, -0.15) is 0 Å². The van der Waals surface area contributed by atoms with E-state index in [0.717, 1.165) is 0 Å². The first kappa shape index (κ1) is 12.3. The standard InChI is InChI=1S/C14H10FN3O2/c15-10-3-1-2-9(6-10)14-17-11-7-8(13(19)18-16)4-5-12(11)20-14/h1-7H,16H2,(H,18,19). The maximum Gasteiger partial charge on any atom is 0.265 e. The molecule has 2 aromatic carbocycles. The molecule has 0 spiro atoms. The molecule has 1 aromatic heterocycles. The lowest BCUT2D eigenvalue weighted by Gasteiger charge is -1.97. The van der Waals surface area contributed by atoms with E-state index in [4.69, 9.17) is 10.3 Å². The molecule has 0 aliphatic heterocycles. The van der Waals surface area contributed by atoms with E-state index in [0.29, 0.717) is 28.1 Å². The number of oxazole rings is 1. The van der Waals surface area contributed by atoms with E-state index in [1.807, 2.05) is 5.43 Å². The minimum absolute atomic E-state index is 0.296. The maximum atomic E-state index is 13.2. The van der Waals surface area contributed by atoms with Gasteiger partial charge in [-0.25, -0.2) is 15.2 Å². The molecule has 0 saturated carbocycles. The van der Waals surface area contributed by atoms with Gasteiger partial charge in [0, 0.05) is 11.1 Å². The van der Waals surface area contributed by atoms with Crippen molar-refractivity contribution in [3.63, 3.8) is 0 Å². The van der Waals surface area contributed by atoms with Crippen molar-refractivity contribution in [2.45, 2.75) is 0 Å². The van der Waals surface area contributed by atoms with Gasteiger partial charge in [-0.15, -0.1) is 0 Å². The van der Waals surface area contributed by atoms with E-state index in [2.05, 4.69) is 4.98 Å². The predicted octanol–water partition coefficient (Wildman–Crippen LogP) is 2.24. The third-order valence-electron chi connectivity index (χ3n) is 2.85.